The van der Waals surface area contributed by atoms with Crippen LogP contribution in [-0.2, 0) is 14.6 Å². The van der Waals surface area contributed by atoms with Gasteiger partial charge in [0.25, 0.3) is 0 Å². The largest absolute Gasteiger partial charge is 0.391 e. The van der Waals surface area contributed by atoms with E-state index in [2.05, 4.69) is 15.6 Å². The number of guanidine groups is 1. The average Bonchev–Trinajstić information content (AvgIpc) is 2.48. The molecule has 1 rings (SSSR count). The Morgan fingerprint density at radius 3 is 2.58 bits per heavy atom. The zero-order valence-corrected chi connectivity index (χ0v) is 14.8. The second-order valence-electron chi connectivity index (χ2n) is 5.99. The summed E-state index contributed by atoms with van der Waals surface area (Å²) in [4.78, 5) is 3.99. The van der Waals surface area contributed by atoms with Gasteiger partial charge in [-0.15, -0.1) is 0 Å². The molecule has 0 aliphatic heterocycles. The fourth-order valence-electron chi connectivity index (χ4n) is 2.56. The SMILES string of the molecule is CN=C(NCCOCCS(C)(=O)=O)NC1CCCC(C(F)(F)F)C1. The number of ether oxygens (including phenoxy) is 1. The lowest BCUT2D eigenvalue weighted by molar-refractivity contribution is -0.183. The maximum atomic E-state index is 12.8. The third-order valence-electron chi connectivity index (χ3n) is 3.84. The fourth-order valence-corrected chi connectivity index (χ4v) is 2.98. The van der Waals surface area contributed by atoms with Gasteiger partial charge in [0.05, 0.1) is 24.9 Å². The lowest BCUT2D eigenvalue weighted by Crippen LogP contribution is -2.47. The van der Waals surface area contributed by atoms with Gasteiger partial charge in [0.2, 0.25) is 0 Å². The first-order valence-electron chi connectivity index (χ1n) is 7.91. The minimum Gasteiger partial charge on any atom is -0.379 e. The molecule has 6 nitrogen and oxygen atoms in total. The van der Waals surface area contributed by atoms with Crippen LogP contribution in [0.4, 0.5) is 13.2 Å². The normalized spacial score (nSPS) is 23.1. The van der Waals surface area contributed by atoms with Crippen molar-refractivity contribution in [2.24, 2.45) is 10.9 Å². The van der Waals surface area contributed by atoms with Crippen LogP contribution in [-0.4, -0.2) is 65.4 Å². The monoisotopic (exact) mass is 373 g/mol. The number of hydrogen-bond acceptors (Lipinski definition) is 4. The molecule has 1 fully saturated rings. The average molecular weight is 373 g/mol. The number of halogens is 3. The van der Waals surface area contributed by atoms with Crippen LogP contribution in [0.1, 0.15) is 25.7 Å². The van der Waals surface area contributed by atoms with Crippen LogP contribution >= 0.6 is 0 Å². The Bertz CT molecular complexity index is 509. The Morgan fingerprint density at radius 1 is 1.29 bits per heavy atom. The van der Waals surface area contributed by atoms with E-state index >= 15 is 0 Å². The Kier molecular flexibility index (Phi) is 8.28. The standard InChI is InChI=1S/C14H26F3N3O3S/c1-18-13(19-6-7-23-8-9-24(2,21)22)20-12-5-3-4-11(10-12)14(15,16)17/h11-12H,3-10H2,1-2H3,(H2,18,19,20). The van der Waals surface area contributed by atoms with Gasteiger partial charge in [-0.1, -0.05) is 6.42 Å². The van der Waals surface area contributed by atoms with Gasteiger partial charge in [0, 0.05) is 25.9 Å². The van der Waals surface area contributed by atoms with Crippen molar-refractivity contribution in [3.05, 3.63) is 0 Å². The van der Waals surface area contributed by atoms with Gasteiger partial charge in [-0.3, -0.25) is 4.99 Å². The third-order valence-corrected chi connectivity index (χ3v) is 4.75. The number of nitrogens with one attached hydrogen (secondary N) is 2. The smallest absolute Gasteiger partial charge is 0.379 e. The molecule has 1 aliphatic rings. The number of nitrogens with zero attached hydrogens (tertiary/aromatic N) is 1. The maximum absolute atomic E-state index is 12.8. The second kappa shape index (κ2) is 9.45. The molecular weight excluding hydrogens is 347 g/mol. The number of hydrogen-bond donors (Lipinski definition) is 2. The molecule has 2 atom stereocenters. The molecule has 1 saturated carbocycles. The highest BCUT2D eigenvalue weighted by atomic mass is 32.2. The van der Waals surface area contributed by atoms with Crippen molar-refractivity contribution in [2.75, 3.05) is 38.8 Å². The molecule has 142 valence electrons. The fraction of sp³-hybridized carbons (Fsp3) is 0.929. The van der Waals surface area contributed by atoms with Crippen LogP contribution in [0.5, 0.6) is 0 Å². The minimum absolute atomic E-state index is 0.0408. The summed E-state index contributed by atoms with van der Waals surface area (Å²) >= 11 is 0. The zero-order chi connectivity index (χ0) is 18.2. The van der Waals surface area contributed by atoms with E-state index in [-0.39, 0.29) is 37.9 Å². The van der Waals surface area contributed by atoms with Crippen LogP contribution < -0.4 is 10.6 Å². The Balaban J connectivity index is 2.27. The van der Waals surface area contributed by atoms with Crippen LogP contribution in [0.3, 0.4) is 0 Å². The summed E-state index contributed by atoms with van der Waals surface area (Å²) in [5.74, 6) is -0.878. The van der Waals surface area contributed by atoms with E-state index in [9.17, 15) is 21.6 Å². The Labute approximate surface area is 141 Å². The Morgan fingerprint density at radius 2 is 2.00 bits per heavy atom. The quantitative estimate of drug-likeness (QED) is 0.400. The summed E-state index contributed by atoms with van der Waals surface area (Å²) in [5, 5.41) is 5.96. The van der Waals surface area contributed by atoms with E-state index in [1.165, 1.54) is 0 Å². The number of aliphatic imine (C=N–C) groups is 1. The van der Waals surface area contributed by atoms with E-state index in [1.807, 2.05) is 0 Å². The van der Waals surface area contributed by atoms with Gasteiger partial charge in [0.15, 0.2) is 5.96 Å². The molecule has 2 N–H and O–H groups in total. The molecule has 0 radical (unpaired) electrons. The highest BCUT2D eigenvalue weighted by Crippen LogP contribution is 2.37. The summed E-state index contributed by atoms with van der Waals surface area (Å²) in [6, 6.07) is -0.261. The number of rotatable bonds is 7. The van der Waals surface area contributed by atoms with Crippen molar-refractivity contribution in [3.63, 3.8) is 0 Å². The van der Waals surface area contributed by atoms with Crippen molar-refractivity contribution in [1.82, 2.24) is 10.6 Å². The summed E-state index contributed by atoms with van der Waals surface area (Å²) in [5.41, 5.74) is 0. The molecule has 1 aliphatic carbocycles. The van der Waals surface area contributed by atoms with Gasteiger partial charge >= 0.3 is 6.18 Å². The van der Waals surface area contributed by atoms with Gasteiger partial charge in [-0.2, -0.15) is 13.2 Å². The maximum Gasteiger partial charge on any atom is 0.391 e. The van der Waals surface area contributed by atoms with Gasteiger partial charge in [-0.25, -0.2) is 8.42 Å². The van der Waals surface area contributed by atoms with Crippen molar-refractivity contribution < 1.29 is 26.3 Å². The molecule has 0 aromatic rings. The molecule has 10 heteroatoms. The molecule has 0 saturated heterocycles. The summed E-state index contributed by atoms with van der Waals surface area (Å²) in [6.45, 7) is 0.785. The number of alkyl halides is 3. The molecule has 0 aromatic heterocycles. The molecular formula is C14H26F3N3O3S. The Hall–Kier alpha value is -1.03. The van der Waals surface area contributed by atoms with E-state index in [4.69, 9.17) is 4.74 Å². The topological polar surface area (TPSA) is 79.8 Å². The zero-order valence-electron chi connectivity index (χ0n) is 14.0. The van der Waals surface area contributed by atoms with Gasteiger partial charge in [-0.05, 0) is 19.3 Å². The highest BCUT2D eigenvalue weighted by molar-refractivity contribution is 7.90. The summed E-state index contributed by atoms with van der Waals surface area (Å²) < 4.78 is 65.5. The molecule has 0 spiro atoms. The first-order valence-corrected chi connectivity index (χ1v) is 9.97. The highest BCUT2D eigenvalue weighted by Gasteiger charge is 2.42. The second-order valence-corrected chi connectivity index (χ2v) is 8.25. The lowest BCUT2D eigenvalue weighted by atomic mass is 9.85. The van der Waals surface area contributed by atoms with Crippen LogP contribution in [0.15, 0.2) is 4.99 Å². The molecule has 2 unspecified atom stereocenters. The molecule has 0 amide bonds. The van der Waals surface area contributed by atoms with Crippen LogP contribution in [0.25, 0.3) is 0 Å². The number of sulfone groups is 1. The lowest BCUT2D eigenvalue weighted by Gasteiger charge is -2.31. The molecule has 0 bridgehead atoms. The van der Waals surface area contributed by atoms with Crippen molar-refractivity contribution in [2.45, 2.75) is 37.9 Å². The van der Waals surface area contributed by atoms with Crippen molar-refractivity contribution >= 4 is 15.8 Å². The first kappa shape index (κ1) is 21.0. The summed E-state index contributed by atoms with van der Waals surface area (Å²) in [7, 11) is -1.50. The molecule has 0 aromatic carbocycles. The summed E-state index contributed by atoms with van der Waals surface area (Å²) in [6.07, 6.45) is -1.56. The van der Waals surface area contributed by atoms with E-state index in [0.717, 1.165) is 6.26 Å². The minimum atomic E-state index is -4.15. The van der Waals surface area contributed by atoms with Gasteiger partial charge in [0.1, 0.15) is 9.84 Å². The third kappa shape index (κ3) is 8.72. The van der Waals surface area contributed by atoms with Crippen molar-refractivity contribution in [1.29, 1.82) is 0 Å². The predicted octanol–water partition coefficient (Wildman–Crippen LogP) is 1.33. The molecule has 24 heavy (non-hydrogen) atoms. The van der Waals surface area contributed by atoms with Crippen LogP contribution in [0, 0.1) is 5.92 Å². The van der Waals surface area contributed by atoms with E-state index < -0.39 is 21.9 Å². The van der Waals surface area contributed by atoms with Crippen molar-refractivity contribution in [3.8, 4) is 0 Å². The first-order chi connectivity index (χ1) is 11.1. The van der Waals surface area contributed by atoms with E-state index in [1.54, 1.807) is 7.05 Å². The van der Waals surface area contributed by atoms with Crippen LogP contribution in [0.2, 0.25) is 0 Å². The van der Waals surface area contributed by atoms with E-state index in [0.29, 0.717) is 25.3 Å². The van der Waals surface area contributed by atoms with Gasteiger partial charge < -0.3 is 15.4 Å². The predicted molar refractivity (Wildman–Crippen MR) is 86.8 cm³/mol. The molecule has 0 heterocycles.